The monoisotopic (exact) mass is 346 g/mol. The van der Waals surface area contributed by atoms with E-state index in [9.17, 15) is 0 Å². The minimum Gasteiger partial charge on any atom is -0.495 e. The first kappa shape index (κ1) is 17.0. The van der Waals surface area contributed by atoms with Crippen molar-refractivity contribution in [1.29, 1.82) is 0 Å². The van der Waals surface area contributed by atoms with Gasteiger partial charge in [-0.3, -0.25) is 4.90 Å². The molecular formula is C18H23ClN4O. The number of ether oxygens (including phenoxy) is 1. The first-order valence-electron chi connectivity index (χ1n) is 8.24. The average Bonchev–Trinajstić information content (AvgIpc) is 2.57. The van der Waals surface area contributed by atoms with Crippen LogP contribution in [-0.4, -0.2) is 41.1 Å². The van der Waals surface area contributed by atoms with Crippen LogP contribution >= 0.6 is 11.6 Å². The number of benzene rings is 1. The van der Waals surface area contributed by atoms with Gasteiger partial charge < -0.3 is 10.1 Å². The molecule has 1 aromatic heterocycles. The number of aryl methyl sites for hydroxylation is 1. The van der Waals surface area contributed by atoms with E-state index >= 15 is 0 Å². The van der Waals surface area contributed by atoms with Crippen LogP contribution in [0, 0.1) is 6.92 Å². The summed E-state index contributed by atoms with van der Waals surface area (Å²) < 4.78 is 5.31. The van der Waals surface area contributed by atoms with Gasteiger partial charge in [-0.25, -0.2) is 9.97 Å². The summed E-state index contributed by atoms with van der Waals surface area (Å²) in [6.07, 6.45) is 3.91. The van der Waals surface area contributed by atoms with Gasteiger partial charge in [-0.2, -0.15) is 0 Å². The van der Waals surface area contributed by atoms with E-state index in [1.165, 1.54) is 0 Å². The van der Waals surface area contributed by atoms with Crippen molar-refractivity contribution in [2.45, 2.75) is 32.4 Å². The van der Waals surface area contributed by atoms with Crippen molar-refractivity contribution in [1.82, 2.24) is 14.9 Å². The molecule has 24 heavy (non-hydrogen) atoms. The van der Waals surface area contributed by atoms with Crippen LogP contribution < -0.4 is 10.1 Å². The zero-order valence-corrected chi connectivity index (χ0v) is 14.9. The van der Waals surface area contributed by atoms with Crippen LogP contribution in [0.25, 0.3) is 0 Å². The van der Waals surface area contributed by atoms with Crippen LogP contribution in [0.2, 0.25) is 5.02 Å². The maximum atomic E-state index is 6.43. The van der Waals surface area contributed by atoms with Gasteiger partial charge in [0.2, 0.25) is 0 Å². The van der Waals surface area contributed by atoms with E-state index in [1.54, 1.807) is 13.4 Å². The molecule has 1 saturated heterocycles. The zero-order valence-electron chi connectivity index (χ0n) is 14.1. The van der Waals surface area contributed by atoms with Crippen LogP contribution in [0.5, 0.6) is 5.75 Å². The summed E-state index contributed by atoms with van der Waals surface area (Å²) in [5.74, 6) is 1.63. The number of hydrogen-bond donors (Lipinski definition) is 1. The van der Waals surface area contributed by atoms with Crippen LogP contribution in [0.1, 0.15) is 24.1 Å². The number of piperidine rings is 1. The lowest BCUT2D eigenvalue weighted by Gasteiger charge is -2.33. The Morgan fingerprint density at radius 3 is 3.04 bits per heavy atom. The van der Waals surface area contributed by atoms with Gasteiger partial charge in [0, 0.05) is 30.9 Å². The molecule has 6 heteroatoms. The number of aromatic nitrogens is 2. The predicted molar refractivity (Wildman–Crippen MR) is 96.7 cm³/mol. The lowest BCUT2D eigenvalue weighted by Crippen LogP contribution is -2.41. The molecule has 1 unspecified atom stereocenters. The molecule has 1 aliphatic heterocycles. The second kappa shape index (κ2) is 7.81. The fraction of sp³-hybridized carbons (Fsp3) is 0.444. The molecule has 0 aliphatic carbocycles. The Kier molecular flexibility index (Phi) is 5.53. The third kappa shape index (κ3) is 4.16. The van der Waals surface area contributed by atoms with E-state index in [2.05, 4.69) is 26.3 Å². The summed E-state index contributed by atoms with van der Waals surface area (Å²) in [5.41, 5.74) is 2.08. The Hall–Kier alpha value is -1.85. The van der Waals surface area contributed by atoms with E-state index in [4.69, 9.17) is 16.3 Å². The number of anilines is 1. The highest BCUT2D eigenvalue weighted by Gasteiger charge is 2.21. The van der Waals surface area contributed by atoms with Crippen molar-refractivity contribution in [3.05, 3.63) is 46.9 Å². The van der Waals surface area contributed by atoms with Gasteiger partial charge in [-0.05, 0) is 37.9 Å². The standard InChI is InChI=1S/C18H23ClN4O/c1-13-9-17(21-12-20-13)22-15-6-4-8-23(11-15)10-14-5-3-7-16(24-2)18(14)19/h3,5,7,9,12,15H,4,6,8,10-11H2,1-2H3,(H,20,21,22). The highest BCUT2D eigenvalue weighted by molar-refractivity contribution is 6.32. The third-order valence-electron chi connectivity index (χ3n) is 4.32. The van der Waals surface area contributed by atoms with Crippen molar-refractivity contribution < 1.29 is 4.74 Å². The van der Waals surface area contributed by atoms with Crippen LogP contribution in [0.15, 0.2) is 30.6 Å². The minimum absolute atomic E-state index is 0.387. The number of halogens is 1. The topological polar surface area (TPSA) is 50.3 Å². The van der Waals surface area contributed by atoms with Gasteiger partial charge >= 0.3 is 0 Å². The van der Waals surface area contributed by atoms with E-state index in [1.807, 2.05) is 25.1 Å². The van der Waals surface area contributed by atoms with Crippen LogP contribution in [0.4, 0.5) is 5.82 Å². The van der Waals surface area contributed by atoms with Gasteiger partial charge in [0.05, 0.1) is 12.1 Å². The molecule has 3 rings (SSSR count). The first-order chi connectivity index (χ1) is 11.7. The fourth-order valence-electron chi connectivity index (χ4n) is 3.14. The summed E-state index contributed by atoms with van der Waals surface area (Å²) >= 11 is 6.43. The van der Waals surface area contributed by atoms with Crippen molar-refractivity contribution in [2.24, 2.45) is 0 Å². The Balaban J connectivity index is 1.63. The van der Waals surface area contributed by atoms with Gasteiger partial charge in [0.25, 0.3) is 0 Å². The molecule has 1 N–H and O–H groups in total. The van der Waals surface area contributed by atoms with E-state index in [0.29, 0.717) is 11.1 Å². The maximum absolute atomic E-state index is 6.43. The van der Waals surface area contributed by atoms with E-state index in [0.717, 1.165) is 55.3 Å². The number of likely N-dealkylation sites (tertiary alicyclic amines) is 1. The number of rotatable bonds is 5. The van der Waals surface area contributed by atoms with Gasteiger partial charge in [0.15, 0.2) is 0 Å². The van der Waals surface area contributed by atoms with Gasteiger partial charge in [0.1, 0.15) is 17.9 Å². The molecule has 0 saturated carbocycles. The second-order valence-electron chi connectivity index (χ2n) is 6.20. The third-order valence-corrected chi connectivity index (χ3v) is 4.75. The molecule has 1 atom stereocenters. The smallest absolute Gasteiger partial charge is 0.137 e. The number of nitrogens with one attached hydrogen (secondary N) is 1. The molecule has 1 fully saturated rings. The van der Waals surface area contributed by atoms with E-state index < -0.39 is 0 Å². The Labute approximate surface area is 148 Å². The van der Waals surface area contributed by atoms with E-state index in [-0.39, 0.29) is 0 Å². The number of methoxy groups -OCH3 is 1. The van der Waals surface area contributed by atoms with Crippen molar-refractivity contribution in [2.75, 3.05) is 25.5 Å². The molecular weight excluding hydrogens is 324 g/mol. The SMILES string of the molecule is COc1cccc(CN2CCCC(Nc3cc(C)ncn3)C2)c1Cl. The quantitative estimate of drug-likeness (QED) is 0.897. The summed E-state index contributed by atoms with van der Waals surface area (Å²) in [5, 5.41) is 4.23. The maximum Gasteiger partial charge on any atom is 0.137 e. The summed E-state index contributed by atoms with van der Waals surface area (Å²) in [7, 11) is 1.65. The normalized spacial score (nSPS) is 18.4. The molecule has 0 spiro atoms. The lowest BCUT2D eigenvalue weighted by molar-refractivity contribution is 0.208. The summed E-state index contributed by atoms with van der Waals surface area (Å²) in [6.45, 7) is 4.85. The second-order valence-corrected chi connectivity index (χ2v) is 6.57. The van der Waals surface area contributed by atoms with Crippen molar-refractivity contribution in [3.8, 4) is 5.75 Å². The average molecular weight is 347 g/mol. The molecule has 0 radical (unpaired) electrons. The molecule has 128 valence electrons. The van der Waals surface area contributed by atoms with Crippen molar-refractivity contribution >= 4 is 17.4 Å². The first-order valence-corrected chi connectivity index (χ1v) is 8.62. The summed E-state index contributed by atoms with van der Waals surface area (Å²) in [4.78, 5) is 10.9. The Morgan fingerprint density at radius 1 is 1.38 bits per heavy atom. The molecule has 0 amide bonds. The minimum atomic E-state index is 0.387. The zero-order chi connectivity index (χ0) is 16.9. The van der Waals surface area contributed by atoms with Crippen LogP contribution in [-0.2, 0) is 6.54 Å². The summed E-state index contributed by atoms with van der Waals surface area (Å²) in [6, 6.07) is 8.32. The Bertz CT molecular complexity index is 694. The predicted octanol–water partition coefficient (Wildman–Crippen LogP) is 3.52. The molecule has 0 bridgehead atoms. The number of hydrogen-bond acceptors (Lipinski definition) is 5. The largest absolute Gasteiger partial charge is 0.495 e. The molecule has 2 aromatic rings. The fourth-order valence-corrected chi connectivity index (χ4v) is 3.40. The van der Waals surface area contributed by atoms with Crippen LogP contribution in [0.3, 0.4) is 0 Å². The molecule has 5 nitrogen and oxygen atoms in total. The number of nitrogens with zero attached hydrogens (tertiary/aromatic N) is 3. The van der Waals surface area contributed by atoms with Crippen molar-refractivity contribution in [3.63, 3.8) is 0 Å². The lowest BCUT2D eigenvalue weighted by atomic mass is 10.0. The molecule has 1 aliphatic rings. The Morgan fingerprint density at radius 2 is 2.25 bits per heavy atom. The highest BCUT2D eigenvalue weighted by atomic mass is 35.5. The van der Waals surface area contributed by atoms with Gasteiger partial charge in [-0.1, -0.05) is 23.7 Å². The molecule has 1 aromatic carbocycles. The highest BCUT2D eigenvalue weighted by Crippen LogP contribution is 2.29. The molecule has 2 heterocycles. The van der Waals surface area contributed by atoms with Gasteiger partial charge in [-0.15, -0.1) is 0 Å².